The Kier molecular flexibility index (Phi) is 9.13. The van der Waals surface area contributed by atoms with Crippen LogP contribution in [0, 0.1) is 0 Å². The Morgan fingerprint density at radius 1 is 1.10 bits per heavy atom. The summed E-state index contributed by atoms with van der Waals surface area (Å²) in [4.78, 5) is 10.8. The molecule has 3 nitrogen and oxygen atoms in total. The Hall–Kier alpha value is -0.560. The molecule has 0 aromatic carbocycles. The smallest absolute Gasteiger partial charge is 0.349 e. The molecule has 1 aliphatic carbocycles. The average molecular weight is 321 g/mol. The molecule has 0 aromatic rings. The zero-order valence-corrected chi connectivity index (χ0v) is 12.0. The van der Waals surface area contributed by atoms with Gasteiger partial charge in [-0.15, -0.1) is 12.4 Å². The first-order chi connectivity index (χ1) is 8.94. The lowest BCUT2D eigenvalue weighted by Crippen LogP contribution is -2.47. The summed E-state index contributed by atoms with van der Waals surface area (Å²) in [5.41, 5.74) is 0. The van der Waals surface area contributed by atoms with E-state index in [9.17, 15) is 22.4 Å². The van der Waals surface area contributed by atoms with E-state index in [2.05, 4.69) is 5.32 Å². The minimum Gasteiger partial charge on any atom is -0.349 e. The molecular formula is C12H21ClF4N2O. The number of carbonyl (C=O) groups excluding carboxylic acids is 1. The van der Waals surface area contributed by atoms with E-state index in [1.54, 1.807) is 0 Å². The van der Waals surface area contributed by atoms with Crippen molar-refractivity contribution in [3.05, 3.63) is 0 Å². The van der Waals surface area contributed by atoms with Crippen LogP contribution in [-0.2, 0) is 4.79 Å². The Bertz CT molecular complexity index is 285. The summed E-state index contributed by atoms with van der Waals surface area (Å²) in [6.45, 7) is 0.243. The Labute approximate surface area is 122 Å². The molecule has 1 saturated carbocycles. The van der Waals surface area contributed by atoms with Gasteiger partial charge in [0.1, 0.15) is 0 Å². The number of rotatable bonds is 6. The highest BCUT2D eigenvalue weighted by Gasteiger charge is 2.48. The summed E-state index contributed by atoms with van der Waals surface area (Å²) in [5, 5.41) is 4.98. The zero-order valence-electron chi connectivity index (χ0n) is 11.1. The first-order valence-corrected chi connectivity index (χ1v) is 6.62. The first-order valence-electron chi connectivity index (χ1n) is 6.62. The van der Waals surface area contributed by atoms with Crippen LogP contribution in [0.3, 0.4) is 0 Å². The molecule has 0 atom stereocenters. The van der Waals surface area contributed by atoms with Gasteiger partial charge in [-0.3, -0.25) is 4.79 Å². The number of hydrogen-bond acceptors (Lipinski definition) is 2. The van der Waals surface area contributed by atoms with Gasteiger partial charge >= 0.3 is 12.3 Å². The van der Waals surface area contributed by atoms with Gasteiger partial charge in [-0.25, -0.2) is 8.78 Å². The van der Waals surface area contributed by atoms with Crippen LogP contribution in [-0.4, -0.2) is 37.4 Å². The standard InChI is InChI=1S/C12H20F4N2O.ClH/c13-10(14)12(15,16)11(19)18-8-7-17-9-5-3-1-2-4-6-9;/h9-10,17H,1-8H2,(H,18,19);1H. The predicted octanol–water partition coefficient (Wildman–Crippen LogP) is 2.74. The van der Waals surface area contributed by atoms with E-state index in [0.29, 0.717) is 12.6 Å². The lowest BCUT2D eigenvalue weighted by Gasteiger charge is -2.18. The number of alkyl halides is 4. The van der Waals surface area contributed by atoms with Crippen LogP contribution in [0.2, 0.25) is 0 Å². The third kappa shape index (κ3) is 6.26. The van der Waals surface area contributed by atoms with Crippen LogP contribution in [0.4, 0.5) is 17.6 Å². The van der Waals surface area contributed by atoms with Crippen LogP contribution < -0.4 is 10.6 Å². The van der Waals surface area contributed by atoms with Crippen molar-refractivity contribution in [2.75, 3.05) is 13.1 Å². The molecule has 0 saturated heterocycles. The van der Waals surface area contributed by atoms with Crippen LogP contribution in [0.5, 0.6) is 0 Å². The van der Waals surface area contributed by atoms with E-state index in [1.807, 2.05) is 5.32 Å². The van der Waals surface area contributed by atoms with E-state index in [4.69, 9.17) is 0 Å². The highest BCUT2D eigenvalue weighted by atomic mass is 35.5. The molecule has 0 aliphatic heterocycles. The molecule has 1 aliphatic rings. The number of nitrogens with one attached hydrogen (secondary N) is 2. The molecule has 20 heavy (non-hydrogen) atoms. The van der Waals surface area contributed by atoms with Gasteiger partial charge in [0.05, 0.1) is 0 Å². The molecule has 0 spiro atoms. The van der Waals surface area contributed by atoms with Gasteiger partial charge < -0.3 is 10.6 Å². The predicted molar refractivity (Wildman–Crippen MR) is 70.7 cm³/mol. The minimum atomic E-state index is -4.61. The Morgan fingerprint density at radius 2 is 1.65 bits per heavy atom. The molecule has 1 rings (SSSR count). The van der Waals surface area contributed by atoms with Crippen molar-refractivity contribution in [2.45, 2.75) is 56.9 Å². The maximum atomic E-state index is 12.6. The van der Waals surface area contributed by atoms with Crippen molar-refractivity contribution in [3.63, 3.8) is 0 Å². The van der Waals surface area contributed by atoms with Crippen molar-refractivity contribution in [3.8, 4) is 0 Å². The van der Waals surface area contributed by atoms with E-state index in [0.717, 1.165) is 25.7 Å². The van der Waals surface area contributed by atoms with Crippen LogP contribution >= 0.6 is 12.4 Å². The normalized spacial score (nSPS) is 17.4. The Balaban J connectivity index is 0.00000361. The van der Waals surface area contributed by atoms with Gasteiger partial charge in [0.15, 0.2) is 0 Å². The zero-order chi connectivity index (χ0) is 14.3. The molecule has 120 valence electrons. The number of amides is 1. The molecule has 0 heterocycles. The first kappa shape index (κ1) is 19.4. The molecule has 0 unspecified atom stereocenters. The second-order valence-corrected chi connectivity index (χ2v) is 4.82. The fourth-order valence-corrected chi connectivity index (χ4v) is 2.15. The maximum absolute atomic E-state index is 12.6. The Morgan fingerprint density at radius 3 is 2.15 bits per heavy atom. The number of halogens is 5. The third-order valence-electron chi connectivity index (χ3n) is 3.28. The second kappa shape index (κ2) is 9.39. The molecule has 2 N–H and O–H groups in total. The van der Waals surface area contributed by atoms with Crippen LogP contribution in [0.1, 0.15) is 38.5 Å². The van der Waals surface area contributed by atoms with Gasteiger partial charge in [0.25, 0.3) is 5.91 Å². The SMILES string of the molecule is Cl.O=C(NCCNC1CCCCCC1)C(F)(F)C(F)F. The maximum Gasteiger partial charge on any atom is 0.383 e. The largest absolute Gasteiger partial charge is 0.383 e. The van der Waals surface area contributed by atoms with Gasteiger partial charge in [0.2, 0.25) is 0 Å². The second-order valence-electron chi connectivity index (χ2n) is 4.82. The number of carbonyl (C=O) groups is 1. The molecule has 1 fully saturated rings. The lowest BCUT2D eigenvalue weighted by molar-refractivity contribution is -0.169. The van der Waals surface area contributed by atoms with E-state index >= 15 is 0 Å². The molecule has 1 amide bonds. The number of hydrogen-bond donors (Lipinski definition) is 2. The molecule has 0 aromatic heterocycles. The highest BCUT2D eigenvalue weighted by molar-refractivity contribution is 5.85. The molecule has 0 radical (unpaired) electrons. The van der Waals surface area contributed by atoms with Crippen molar-refractivity contribution in [1.29, 1.82) is 0 Å². The van der Waals surface area contributed by atoms with E-state index in [1.165, 1.54) is 12.8 Å². The summed E-state index contributed by atoms with van der Waals surface area (Å²) in [6.07, 6.45) is 2.76. The topological polar surface area (TPSA) is 41.1 Å². The van der Waals surface area contributed by atoms with Gasteiger partial charge in [-0.05, 0) is 12.8 Å². The minimum absolute atomic E-state index is 0. The van der Waals surface area contributed by atoms with Crippen molar-refractivity contribution in [1.82, 2.24) is 10.6 Å². The fourth-order valence-electron chi connectivity index (χ4n) is 2.15. The van der Waals surface area contributed by atoms with Crippen molar-refractivity contribution < 1.29 is 22.4 Å². The fraction of sp³-hybridized carbons (Fsp3) is 0.917. The average Bonchev–Trinajstić information content (AvgIpc) is 2.62. The molecular weight excluding hydrogens is 300 g/mol. The third-order valence-corrected chi connectivity index (χ3v) is 3.28. The monoisotopic (exact) mass is 320 g/mol. The molecule has 0 bridgehead atoms. The summed E-state index contributed by atoms with van der Waals surface area (Å²) >= 11 is 0. The van der Waals surface area contributed by atoms with E-state index < -0.39 is 18.3 Å². The highest BCUT2D eigenvalue weighted by Crippen LogP contribution is 2.22. The van der Waals surface area contributed by atoms with Gasteiger partial charge in [-0.1, -0.05) is 25.7 Å². The van der Waals surface area contributed by atoms with Crippen molar-refractivity contribution in [2.24, 2.45) is 0 Å². The summed E-state index contributed by atoms with van der Waals surface area (Å²) < 4.78 is 48.9. The van der Waals surface area contributed by atoms with Crippen LogP contribution in [0.15, 0.2) is 0 Å². The van der Waals surface area contributed by atoms with Crippen LogP contribution in [0.25, 0.3) is 0 Å². The lowest BCUT2D eigenvalue weighted by atomic mass is 10.1. The quantitative estimate of drug-likeness (QED) is 0.449. The van der Waals surface area contributed by atoms with Crippen molar-refractivity contribution >= 4 is 18.3 Å². The summed E-state index contributed by atoms with van der Waals surface area (Å²) in [7, 11) is 0. The summed E-state index contributed by atoms with van der Waals surface area (Å²) in [5.74, 6) is -6.52. The van der Waals surface area contributed by atoms with E-state index in [-0.39, 0.29) is 19.0 Å². The van der Waals surface area contributed by atoms with Gasteiger partial charge in [0, 0.05) is 19.1 Å². The molecule has 8 heteroatoms. The summed E-state index contributed by atoms with van der Waals surface area (Å²) in [6, 6.07) is 0.329. The van der Waals surface area contributed by atoms with Gasteiger partial charge in [-0.2, -0.15) is 8.78 Å².